The summed E-state index contributed by atoms with van der Waals surface area (Å²) in [4.78, 5) is 4.56. The monoisotopic (exact) mass is 189 g/mol. The molecule has 2 aromatic rings. The smallest absolute Gasteiger partial charge is 0.155 e. The quantitative estimate of drug-likeness (QED) is 0.726. The molecule has 0 saturated carbocycles. The maximum Gasteiger partial charge on any atom is 0.155 e. The zero-order chi connectivity index (χ0) is 10.1. The minimum atomic E-state index is 0.495. The van der Waals surface area contributed by atoms with Crippen LogP contribution in [0.2, 0.25) is 0 Å². The minimum Gasteiger partial charge on any atom is -0.233 e. The van der Waals surface area contributed by atoms with Crippen LogP contribution in [-0.4, -0.2) is 14.6 Å². The van der Waals surface area contributed by atoms with Crippen molar-refractivity contribution in [3.8, 4) is 0 Å². The second kappa shape index (κ2) is 3.40. The number of fused-ring (bicyclic) bond motifs is 1. The van der Waals surface area contributed by atoms with Gasteiger partial charge in [-0.2, -0.15) is 5.10 Å². The Kier molecular flexibility index (Phi) is 2.23. The van der Waals surface area contributed by atoms with Gasteiger partial charge in [0.25, 0.3) is 0 Å². The van der Waals surface area contributed by atoms with E-state index < -0.39 is 0 Å². The zero-order valence-corrected chi connectivity index (χ0v) is 8.81. The van der Waals surface area contributed by atoms with Crippen molar-refractivity contribution < 1.29 is 0 Å². The third-order valence-corrected chi connectivity index (χ3v) is 2.75. The number of nitrogens with zero attached hydrogens (tertiary/aromatic N) is 3. The van der Waals surface area contributed by atoms with Crippen LogP contribution in [0.4, 0.5) is 0 Å². The molecular weight excluding hydrogens is 174 g/mol. The van der Waals surface area contributed by atoms with E-state index in [4.69, 9.17) is 0 Å². The van der Waals surface area contributed by atoms with Crippen LogP contribution < -0.4 is 0 Å². The lowest BCUT2D eigenvalue weighted by atomic mass is 9.95. The molecule has 0 fully saturated rings. The fourth-order valence-corrected chi connectivity index (χ4v) is 1.42. The van der Waals surface area contributed by atoms with Crippen molar-refractivity contribution >= 4 is 5.65 Å². The Morgan fingerprint density at radius 1 is 1.21 bits per heavy atom. The van der Waals surface area contributed by atoms with Crippen molar-refractivity contribution in [3.63, 3.8) is 0 Å². The summed E-state index contributed by atoms with van der Waals surface area (Å²) in [5.74, 6) is 1.11. The highest BCUT2D eigenvalue weighted by molar-refractivity contribution is 5.36. The molecule has 0 N–H and O–H groups in total. The molecule has 0 radical (unpaired) electrons. The molecule has 0 aliphatic carbocycles. The van der Waals surface area contributed by atoms with Gasteiger partial charge in [0.2, 0.25) is 0 Å². The molecule has 0 saturated heterocycles. The first-order valence-electron chi connectivity index (χ1n) is 4.99. The van der Waals surface area contributed by atoms with Crippen molar-refractivity contribution in [3.05, 3.63) is 30.2 Å². The second-order valence-corrected chi connectivity index (χ2v) is 4.02. The third-order valence-electron chi connectivity index (χ3n) is 2.75. The van der Waals surface area contributed by atoms with Gasteiger partial charge in [0.05, 0.1) is 6.20 Å². The molecule has 0 aliphatic rings. The van der Waals surface area contributed by atoms with E-state index in [1.807, 2.05) is 18.3 Å². The summed E-state index contributed by atoms with van der Waals surface area (Å²) in [5.41, 5.74) is 2.07. The van der Waals surface area contributed by atoms with E-state index in [-0.39, 0.29) is 0 Å². The Morgan fingerprint density at radius 2 is 2.00 bits per heavy atom. The molecule has 1 unspecified atom stereocenters. The molecule has 74 valence electrons. The maximum absolute atomic E-state index is 4.56. The molecule has 2 rings (SSSR count). The lowest BCUT2D eigenvalue weighted by molar-refractivity contribution is 0.523. The minimum absolute atomic E-state index is 0.495. The Balaban J connectivity index is 2.43. The lowest BCUT2D eigenvalue weighted by Gasteiger charge is -2.14. The summed E-state index contributed by atoms with van der Waals surface area (Å²) < 4.78 is 1.79. The Labute approximate surface area is 83.8 Å². The normalized spacial score (nSPS) is 13.7. The third kappa shape index (κ3) is 1.50. The summed E-state index contributed by atoms with van der Waals surface area (Å²) in [5, 5.41) is 4.12. The molecule has 0 amide bonds. The highest BCUT2D eigenvalue weighted by atomic mass is 15.2. The largest absolute Gasteiger partial charge is 0.233 e. The molecule has 3 nitrogen and oxygen atoms in total. The van der Waals surface area contributed by atoms with Crippen molar-refractivity contribution in [1.82, 2.24) is 14.6 Å². The lowest BCUT2D eigenvalue weighted by Crippen LogP contribution is -2.05. The summed E-state index contributed by atoms with van der Waals surface area (Å²) in [6.07, 6.45) is 3.74. The highest BCUT2D eigenvalue weighted by Gasteiger charge is 2.11. The molecule has 3 heteroatoms. The van der Waals surface area contributed by atoms with Crippen LogP contribution >= 0.6 is 0 Å². The van der Waals surface area contributed by atoms with E-state index in [0.29, 0.717) is 11.8 Å². The van der Waals surface area contributed by atoms with Gasteiger partial charge in [-0.05, 0) is 12.0 Å². The van der Waals surface area contributed by atoms with Gasteiger partial charge in [0.1, 0.15) is 0 Å². The van der Waals surface area contributed by atoms with Crippen LogP contribution in [0.15, 0.2) is 24.5 Å². The predicted molar refractivity (Wildman–Crippen MR) is 56.2 cm³/mol. The van der Waals surface area contributed by atoms with Gasteiger partial charge in [-0.25, -0.2) is 9.50 Å². The Bertz CT molecular complexity index is 431. The summed E-state index contributed by atoms with van der Waals surface area (Å²) >= 11 is 0. The van der Waals surface area contributed by atoms with E-state index >= 15 is 0 Å². The van der Waals surface area contributed by atoms with Crippen molar-refractivity contribution in [2.24, 2.45) is 5.92 Å². The molecule has 2 heterocycles. The van der Waals surface area contributed by atoms with E-state index in [2.05, 4.69) is 30.9 Å². The predicted octanol–water partition coefficient (Wildman–Crippen LogP) is 2.49. The van der Waals surface area contributed by atoms with Crippen molar-refractivity contribution in [2.45, 2.75) is 26.7 Å². The van der Waals surface area contributed by atoms with E-state index in [1.165, 1.54) is 0 Å². The standard InChI is InChI=1S/C11H15N3/c1-8(2)9(3)10-5-7-14-11(13-10)4-6-12-14/h4-9H,1-3H3. The molecule has 0 bridgehead atoms. The fourth-order valence-electron chi connectivity index (χ4n) is 1.42. The zero-order valence-electron chi connectivity index (χ0n) is 8.81. The topological polar surface area (TPSA) is 30.2 Å². The van der Waals surface area contributed by atoms with Gasteiger partial charge >= 0.3 is 0 Å². The molecule has 1 atom stereocenters. The molecule has 0 aliphatic heterocycles. The first-order valence-corrected chi connectivity index (χ1v) is 4.99. The van der Waals surface area contributed by atoms with Crippen LogP contribution in [0.5, 0.6) is 0 Å². The molecule has 14 heavy (non-hydrogen) atoms. The van der Waals surface area contributed by atoms with Gasteiger partial charge in [0, 0.05) is 23.9 Å². The van der Waals surface area contributed by atoms with E-state index in [1.54, 1.807) is 10.7 Å². The van der Waals surface area contributed by atoms with Gasteiger partial charge in [-0.1, -0.05) is 20.8 Å². The fraction of sp³-hybridized carbons (Fsp3) is 0.455. The van der Waals surface area contributed by atoms with Crippen LogP contribution in [0, 0.1) is 5.92 Å². The van der Waals surface area contributed by atoms with Gasteiger partial charge < -0.3 is 0 Å². The molecular formula is C11H15N3. The van der Waals surface area contributed by atoms with Crippen molar-refractivity contribution in [2.75, 3.05) is 0 Å². The van der Waals surface area contributed by atoms with Gasteiger partial charge in [0.15, 0.2) is 5.65 Å². The first-order chi connectivity index (χ1) is 6.68. The van der Waals surface area contributed by atoms with Crippen molar-refractivity contribution in [1.29, 1.82) is 0 Å². The SMILES string of the molecule is CC(C)C(C)c1ccn2nccc2n1. The van der Waals surface area contributed by atoms with Gasteiger partial charge in [-0.15, -0.1) is 0 Å². The average molecular weight is 189 g/mol. The summed E-state index contributed by atoms with van der Waals surface area (Å²) in [6, 6.07) is 3.97. The summed E-state index contributed by atoms with van der Waals surface area (Å²) in [7, 11) is 0. The van der Waals surface area contributed by atoms with Crippen LogP contribution in [0.25, 0.3) is 5.65 Å². The molecule has 2 aromatic heterocycles. The second-order valence-electron chi connectivity index (χ2n) is 4.02. The van der Waals surface area contributed by atoms with Crippen LogP contribution in [-0.2, 0) is 0 Å². The summed E-state index contributed by atoms with van der Waals surface area (Å²) in [6.45, 7) is 6.64. The number of hydrogen-bond acceptors (Lipinski definition) is 2. The Morgan fingerprint density at radius 3 is 2.71 bits per heavy atom. The average Bonchev–Trinajstić information content (AvgIpc) is 2.62. The van der Waals surface area contributed by atoms with Crippen LogP contribution in [0.3, 0.4) is 0 Å². The first kappa shape index (κ1) is 9.19. The molecule has 0 aromatic carbocycles. The van der Waals surface area contributed by atoms with E-state index in [0.717, 1.165) is 11.3 Å². The number of aromatic nitrogens is 3. The Hall–Kier alpha value is -1.38. The van der Waals surface area contributed by atoms with Crippen LogP contribution in [0.1, 0.15) is 32.4 Å². The number of hydrogen-bond donors (Lipinski definition) is 0. The maximum atomic E-state index is 4.56. The highest BCUT2D eigenvalue weighted by Crippen LogP contribution is 2.21. The molecule has 0 spiro atoms. The van der Waals surface area contributed by atoms with E-state index in [9.17, 15) is 0 Å². The van der Waals surface area contributed by atoms with Gasteiger partial charge in [-0.3, -0.25) is 0 Å². The number of rotatable bonds is 2.